The van der Waals surface area contributed by atoms with Crippen LogP contribution < -0.4 is 0 Å². The van der Waals surface area contributed by atoms with Crippen LogP contribution in [-0.4, -0.2) is 269 Å². The SMILES string of the molecule is [N-]=[N+]=NCCOCCOCCOCCOCCOCCOCCOCCOCCOCCOCCOCCOCCOCCOCCOCCOCCOCCOCCOCCO. The number of nitrogens with zero attached hydrogens (tertiary/aromatic N) is 3. The second-order valence-electron chi connectivity index (χ2n) is 12.3. The lowest BCUT2D eigenvalue weighted by Crippen LogP contribution is -2.16. The molecule has 0 fully saturated rings. The Morgan fingerprint density at radius 1 is 0.222 bits per heavy atom. The fraction of sp³-hybridized carbons (Fsp3) is 1.00. The molecule has 0 rings (SSSR count). The van der Waals surface area contributed by atoms with Crippen molar-refractivity contribution in [2.75, 3.05) is 264 Å². The zero-order valence-corrected chi connectivity index (χ0v) is 37.8. The fourth-order valence-electron chi connectivity index (χ4n) is 4.28. The third kappa shape index (κ3) is 60.5. The Morgan fingerprint density at radius 3 is 0.476 bits per heavy atom. The molecule has 0 aromatic carbocycles. The monoisotopic (exact) mass is 924 g/mol. The van der Waals surface area contributed by atoms with E-state index in [2.05, 4.69) is 10.0 Å². The van der Waals surface area contributed by atoms with Gasteiger partial charge < -0.3 is 95.1 Å². The summed E-state index contributed by atoms with van der Waals surface area (Å²) in [4.78, 5) is 2.65. The van der Waals surface area contributed by atoms with Crippen LogP contribution in [0.3, 0.4) is 0 Å². The molecule has 0 aliphatic rings. The van der Waals surface area contributed by atoms with Crippen LogP contribution >= 0.6 is 0 Å². The molecule has 0 aliphatic carbocycles. The number of azide groups is 1. The minimum Gasteiger partial charge on any atom is -0.394 e. The number of ether oxygens (including phenoxy) is 19. The molecule has 23 nitrogen and oxygen atoms in total. The Hall–Kier alpha value is -1.49. The van der Waals surface area contributed by atoms with Gasteiger partial charge in [-0.05, 0) is 5.53 Å². The molecular weight excluding hydrogens is 842 g/mol. The zero-order chi connectivity index (χ0) is 45.1. The summed E-state index contributed by atoms with van der Waals surface area (Å²) in [6, 6.07) is 0. The molecule has 376 valence electrons. The van der Waals surface area contributed by atoms with Crippen LogP contribution in [0.4, 0.5) is 0 Å². The Kier molecular flexibility index (Phi) is 59.1. The summed E-state index contributed by atoms with van der Waals surface area (Å²) in [5, 5.41) is 12.0. The molecule has 0 spiro atoms. The van der Waals surface area contributed by atoms with E-state index in [9.17, 15) is 0 Å². The highest BCUT2D eigenvalue weighted by atomic mass is 16.6. The lowest BCUT2D eigenvalue weighted by Gasteiger charge is -2.09. The Labute approximate surface area is 374 Å². The molecule has 0 aliphatic heterocycles. The lowest BCUT2D eigenvalue weighted by atomic mass is 10.6. The van der Waals surface area contributed by atoms with Gasteiger partial charge in [0.2, 0.25) is 0 Å². The first-order valence-electron chi connectivity index (χ1n) is 22.0. The smallest absolute Gasteiger partial charge is 0.0701 e. The van der Waals surface area contributed by atoms with E-state index >= 15 is 0 Å². The molecule has 0 atom stereocenters. The Morgan fingerprint density at radius 2 is 0.349 bits per heavy atom. The van der Waals surface area contributed by atoms with Gasteiger partial charge in [-0.3, -0.25) is 0 Å². The summed E-state index contributed by atoms with van der Waals surface area (Å²) >= 11 is 0. The third-order valence-corrected chi connectivity index (χ3v) is 7.33. The van der Waals surface area contributed by atoms with E-state index in [4.69, 9.17) is 101 Å². The van der Waals surface area contributed by atoms with Crippen molar-refractivity contribution in [3.63, 3.8) is 0 Å². The van der Waals surface area contributed by atoms with E-state index in [0.717, 1.165) is 0 Å². The van der Waals surface area contributed by atoms with Crippen LogP contribution in [0.1, 0.15) is 0 Å². The van der Waals surface area contributed by atoms with Gasteiger partial charge in [0, 0.05) is 11.5 Å². The van der Waals surface area contributed by atoms with E-state index in [1.54, 1.807) is 0 Å². The maximum absolute atomic E-state index is 8.60. The van der Waals surface area contributed by atoms with Crippen molar-refractivity contribution in [3.8, 4) is 0 Å². The normalized spacial score (nSPS) is 11.5. The van der Waals surface area contributed by atoms with Crippen LogP contribution in [0.15, 0.2) is 5.11 Å². The molecular formula is C40H81N3O20. The minimum atomic E-state index is 0.0189. The van der Waals surface area contributed by atoms with Crippen molar-refractivity contribution in [1.82, 2.24) is 0 Å². The molecule has 0 bridgehead atoms. The van der Waals surface area contributed by atoms with Gasteiger partial charge in [-0.1, -0.05) is 5.11 Å². The van der Waals surface area contributed by atoms with E-state index in [1.165, 1.54) is 0 Å². The van der Waals surface area contributed by atoms with Crippen molar-refractivity contribution in [3.05, 3.63) is 10.4 Å². The number of rotatable bonds is 59. The number of hydrogen-bond donors (Lipinski definition) is 1. The summed E-state index contributed by atoms with van der Waals surface area (Å²) in [7, 11) is 0. The molecule has 0 radical (unpaired) electrons. The van der Waals surface area contributed by atoms with E-state index in [1.807, 2.05) is 0 Å². The largest absolute Gasteiger partial charge is 0.394 e. The third-order valence-electron chi connectivity index (χ3n) is 7.33. The summed E-state index contributed by atoms with van der Waals surface area (Å²) in [6.07, 6.45) is 0. The van der Waals surface area contributed by atoms with Crippen molar-refractivity contribution < 1.29 is 95.1 Å². The van der Waals surface area contributed by atoms with Gasteiger partial charge in [0.05, 0.1) is 258 Å². The van der Waals surface area contributed by atoms with Crippen LogP contribution in [0, 0.1) is 0 Å². The molecule has 0 saturated carbocycles. The van der Waals surface area contributed by atoms with E-state index in [-0.39, 0.29) is 6.61 Å². The quantitative estimate of drug-likeness (QED) is 0.0380. The average Bonchev–Trinajstić information content (AvgIpc) is 3.29. The highest BCUT2D eigenvalue weighted by Crippen LogP contribution is 1.90. The molecule has 63 heavy (non-hydrogen) atoms. The summed E-state index contributed by atoms with van der Waals surface area (Å²) in [5.74, 6) is 0. The summed E-state index contributed by atoms with van der Waals surface area (Å²) in [6.45, 7) is 18.6. The maximum Gasteiger partial charge on any atom is 0.0701 e. The first kappa shape index (κ1) is 61.5. The predicted octanol–water partition coefficient (Wildman–Crippen LogP) is 0.604. The van der Waals surface area contributed by atoms with Gasteiger partial charge in [-0.15, -0.1) is 0 Å². The van der Waals surface area contributed by atoms with Gasteiger partial charge in [0.25, 0.3) is 0 Å². The van der Waals surface area contributed by atoms with Crippen molar-refractivity contribution in [1.29, 1.82) is 0 Å². The number of aliphatic hydroxyl groups excluding tert-OH is 1. The maximum atomic E-state index is 8.60. The van der Waals surface area contributed by atoms with Crippen LogP contribution in [-0.2, 0) is 90.0 Å². The van der Waals surface area contributed by atoms with Gasteiger partial charge in [-0.25, -0.2) is 0 Å². The topological polar surface area (TPSA) is 244 Å². The van der Waals surface area contributed by atoms with Gasteiger partial charge in [0.1, 0.15) is 0 Å². The van der Waals surface area contributed by atoms with Gasteiger partial charge in [0.15, 0.2) is 0 Å². The zero-order valence-electron chi connectivity index (χ0n) is 37.8. The highest BCUT2D eigenvalue weighted by Gasteiger charge is 1.99. The Balaban J connectivity index is 3.07. The van der Waals surface area contributed by atoms with Gasteiger partial charge >= 0.3 is 0 Å². The molecule has 0 heterocycles. The molecule has 23 heteroatoms. The minimum absolute atomic E-state index is 0.0189. The molecule has 0 saturated heterocycles. The van der Waals surface area contributed by atoms with Crippen LogP contribution in [0.25, 0.3) is 10.4 Å². The average molecular weight is 924 g/mol. The predicted molar refractivity (Wildman–Crippen MR) is 227 cm³/mol. The van der Waals surface area contributed by atoms with Gasteiger partial charge in [-0.2, -0.15) is 0 Å². The summed E-state index contributed by atoms with van der Waals surface area (Å²) < 4.78 is 103. The van der Waals surface area contributed by atoms with E-state index < -0.39 is 0 Å². The molecule has 0 unspecified atom stereocenters. The number of hydrogen-bond acceptors (Lipinski definition) is 21. The van der Waals surface area contributed by atoms with Crippen molar-refractivity contribution in [2.24, 2.45) is 5.11 Å². The lowest BCUT2D eigenvalue weighted by molar-refractivity contribution is -0.0312. The number of aliphatic hydroxyl groups is 1. The standard InChI is InChI=1S/C40H81N3O20/c41-43-42-1-3-45-5-7-47-9-11-49-13-15-51-17-19-53-21-23-55-25-27-57-29-31-59-33-35-61-37-39-63-40-38-62-36-34-60-32-30-58-28-26-56-24-22-54-20-18-52-16-14-50-12-10-48-8-6-46-4-2-44/h44H,1-40H2. The van der Waals surface area contributed by atoms with Crippen molar-refractivity contribution >= 4 is 0 Å². The first-order chi connectivity index (χ1) is 31.4. The summed E-state index contributed by atoms with van der Waals surface area (Å²) in [5.41, 5.74) is 8.16. The van der Waals surface area contributed by atoms with Crippen LogP contribution in [0.5, 0.6) is 0 Å². The highest BCUT2D eigenvalue weighted by molar-refractivity contribution is 4.45. The Bertz CT molecular complexity index is 875. The molecule has 0 amide bonds. The molecule has 0 aromatic heterocycles. The molecule has 1 N–H and O–H groups in total. The fourth-order valence-corrected chi connectivity index (χ4v) is 4.28. The second kappa shape index (κ2) is 60.5. The van der Waals surface area contributed by atoms with Crippen molar-refractivity contribution in [2.45, 2.75) is 0 Å². The first-order valence-corrected chi connectivity index (χ1v) is 22.0. The second-order valence-corrected chi connectivity index (χ2v) is 12.3. The van der Waals surface area contributed by atoms with Crippen LogP contribution in [0.2, 0.25) is 0 Å². The molecule has 0 aromatic rings. The van der Waals surface area contributed by atoms with E-state index in [0.29, 0.717) is 258 Å².